The van der Waals surface area contributed by atoms with Crippen LogP contribution in [0.5, 0.6) is 5.75 Å². The Kier molecular flexibility index (Phi) is 4.65. The molecular weight excluding hydrogens is 308 g/mol. The number of aromatic hydroxyl groups is 1. The second kappa shape index (κ2) is 6.16. The zero-order valence-corrected chi connectivity index (χ0v) is 12.7. The Morgan fingerprint density at radius 3 is 2.73 bits per heavy atom. The van der Waals surface area contributed by atoms with Crippen LogP contribution in [0.4, 0.5) is 5.69 Å². The van der Waals surface area contributed by atoms with Gasteiger partial charge in [-0.25, -0.2) is 4.79 Å². The zero-order chi connectivity index (χ0) is 15.0. The molecule has 0 radical (unpaired) electrons. The van der Waals surface area contributed by atoms with Crippen molar-refractivity contribution in [3.63, 3.8) is 0 Å². The Bertz CT molecular complexity index is 614. The molecule has 5 N–H and O–H groups in total. The van der Waals surface area contributed by atoms with Crippen molar-refractivity contribution in [2.45, 2.75) is 30.9 Å². The molecule has 2 aliphatic rings. The number of carboxylic acids is 1. The minimum atomic E-state index is -1.45. The Labute approximate surface area is 134 Å². The topological polar surface area (TPSA) is 102 Å². The molecule has 0 amide bonds. The third-order valence-electron chi connectivity index (χ3n) is 4.17. The van der Waals surface area contributed by atoms with Crippen molar-refractivity contribution in [1.82, 2.24) is 5.32 Å². The van der Waals surface area contributed by atoms with E-state index in [1.165, 1.54) is 12.1 Å². The molecule has 2 heterocycles. The number of hydrogen-bond acceptors (Lipinski definition) is 5. The van der Waals surface area contributed by atoms with Crippen LogP contribution in [0.2, 0.25) is 0 Å². The number of carboxylic acid groups (broad SMARTS) is 1. The summed E-state index contributed by atoms with van der Waals surface area (Å²) in [7, 11) is 0. The highest BCUT2D eigenvalue weighted by Gasteiger charge is 2.43. The van der Waals surface area contributed by atoms with Gasteiger partial charge in [-0.05, 0) is 31.5 Å². The minimum absolute atomic E-state index is 0. The molecule has 7 heteroatoms. The highest BCUT2D eigenvalue weighted by atomic mass is 35.5. The van der Waals surface area contributed by atoms with Gasteiger partial charge in [-0.2, -0.15) is 0 Å². The number of benzene rings is 1. The van der Waals surface area contributed by atoms with E-state index in [1.807, 2.05) is 0 Å². The highest BCUT2D eigenvalue weighted by Crippen LogP contribution is 2.43. The second-order valence-electron chi connectivity index (χ2n) is 5.52. The number of phenolic OH excluding ortho intramolecular Hbond substituents is 1. The molecule has 0 bridgehead atoms. The first-order chi connectivity index (χ1) is 10.0. The van der Waals surface area contributed by atoms with E-state index in [0.29, 0.717) is 5.56 Å². The molecule has 120 valence electrons. The molecular formula is C15H19ClN2O4. The first kappa shape index (κ1) is 16.6. The molecule has 0 aromatic heterocycles. The van der Waals surface area contributed by atoms with E-state index in [1.54, 1.807) is 12.1 Å². The molecule has 22 heavy (non-hydrogen) atoms. The lowest BCUT2D eigenvalue weighted by atomic mass is 9.79. The SMILES string of the molecule is Cl.O=C(O)C1=CC(O)(C2CCCCN2)c2cccc(O)c2N1. The van der Waals surface area contributed by atoms with Gasteiger partial charge >= 0.3 is 5.97 Å². The molecule has 6 nitrogen and oxygen atoms in total. The molecule has 2 unspecified atom stereocenters. The van der Waals surface area contributed by atoms with Crippen molar-refractivity contribution in [2.24, 2.45) is 0 Å². The first-order valence-corrected chi connectivity index (χ1v) is 7.04. The molecule has 0 saturated carbocycles. The number of hydrogen-bond donors (Lipinski definition) is 5. The van der Waals surface area contributed by atoms with Gasteiger partial charge in [0.2, 0.25) is 0 Å². The van der Waals surface area contributed by atoms with Crippen LogP contribution in [0, 0.1) is 0 Å². The number of aliphatic carboxylic acids is 1. The summed E-state index contributed by atoms with van der Waals surface area (Å²) in [4.78, 5) is 11.3. The molecule has 0 spiro atoms. The van der Waals surface area contributed by atoms with Crippen molar-refractivity contribution in [1.29, 1.82) is 0 Å². The van der Waals surface area contributed by atoms with Gasteiger partial charge in [0.05, 0.1) is 5.69 Å². The number of carbonyl (C=O) groups is 1. The summed E-state index contributed by atoms with van der Waals surface area (Å²) >= 11 is 0. The summed E-state index contributed by atoms with van der Waals surface area (Å²) in [6, 6.07) is 4.53. The molecule has 1 aromatic rings. The number of fused-ring (bicyclic) bond motifs is 1. The summed E-state index contributed by atoms with van der Waals surface area (Å²) in [5.41, 5.74) is -0.828. The molecule has 3 rings (SSSR count). The molecule has 1 saturated heterocycles. The lowest BCUT2D eigenvalue weighted by Gasteiger charge is -2.41. The Hall–Kier alpha value is -1.76. The van der Waals surface area contributed by atoms with Crippen molar-refractivity contribution in [2.75, 3.05) is 11.9 Å². The fourth-order valence-electron chi connectivity index (χ4n) is 3.10. The monoisotopic (exact) mass is 326 g/mol. The van der Waals surface area contributed by atoms with Gasteiger partial charge < -0.3 is 26.0 Å². The van der Waals surface area contributed by atoms with Crippen LogP contribution < -0.4 is 10.6 Å². The van der Waals surface area contributed by atoms with Gasteiger partial charge in [0, 0.05) is 11.6 Å². The number of piperidine rings is 1. The maximum absolute atomic E-state index is 11.3. The van der Waals surface area contributed by atoms with Crippen LogP contribution in [-0.2, 0) is 10.4 Å². The predicted molar refractivity (Wildman–Crippen MR) is 84.2 cm³/mol. The summed E-state index contributed by atoms with van der Waals surface area (Å²) in [5.74, 6) is -1.24. The van der Waals surface area contributed by atoms with Crippen molar-refractivity contribution >= 4 is 24.1 Å². The van der Waals surface area contributed by atoms with Gasteiger partial charge in [0.15, 0.2) is 0 Å². The van der Waals surface area contributed by atoms with Crippen LogP contribution in [0.25, 0.3) is 0 Å². The average Bonchev–Trinajstić information content (AvgIpc) is 2.49. The number of nitrogens with one attached hydrogen (secondary N) is 2. The quantitative estimate of drug-likeness (QED) is 0.528. The van der Waals surface area contributed by atoms with Crippen LogP contribution in [-0.4, -0.2) is 33.9 Å². The maximum atomic E-state index is 11.3. The average molecular weight is 327 g/mol. The van der Waals surface area contributed by atoms with E-state index in [9.17, 15) is 20.1 Å². The van der Waals surface area contributed by atoms with Gasteiger partial charge in [0.1, 0.15) is 17.0 Å². The number of phenols is 1. The van der Waals surface area contributed by atoms with E-state index >= 15 is 0 Å². The molecule has 2 aliphatic heterocycles. The standard InChI is InChI=1S/C15H18N2O4.ClH/c18-11-5-3-4-9-13(11)17-10(14(19)20)8-15(9,21)12-6-1-2-7-16-12;/h3-5,8,12,16-18,21H,1-2,6-7H2,(H,19,20);1H. The molecule has 0 aliphatic carbocycles. The minimum Gasteiger partial charge on any atom is -0.506 e. The van der Waals surface area contributed by atoms with Gasteiger partial charge in [-0.1, -0.05) is 18.6 Å². The third kappa shape index (κ3) is 2.65. The molecule has 1 fully saturated rings. The fourth-order valence-corrected chi connectivity index (χ4v) is 3.10. The number of aliphatic hydroxyl groups is 1. The van der Waals surface area contributed by atoms with Crippen molar-refractivity contribution in [3.8, 4) is 5.75 Å². The molecule has 2 atom stereocenters. The van der Waals surface area contributed by atoms with Gasteiger partial charge in [-0.15, -0.1) is 12.4 Å². The smallest absolute Gasteiger partial charge is 0.352 e. The normalized spacial score (nSPS) is 27.0. The van der Waals surface area contributed by atoms with E-state index in [-0.39, 0.29) is 35.6 Å². The largest absolute Gasteiger partial charge is 0.506 e. The Balaban J connectivity index is 0.00000176. The van der Waals surface area contributed by atoms with Gasteiger partial charge in [0.25, 0.3) is 0 Å². The summed E-state index contributed by atoms with van der Waals surface area (Å²) < 4.78 is 0. The van der Waals surface area contributed by atoms with E-state index in [4.69, 9.17) is 0 Å². The summed E-state index contributed by atoms with van der Waals surface area (Å²) in [6.45, 7) is 0.783. The van der Waals surface area contributed by atoms with Crippen LogP contribution in [0.1, 0.15) is 24.8 Å². The fraction of sp³-hybridized carbons (Fsp3) is 0.400. The Morgan fingerprint density at radius 2 is 2.09 bits per heavy atom. The predicted octanol–water partition coefficient (Wildman–Crippen LogP) is 1.54. The van der Waals surface area contributed by atoms with Crippen LogP contribution in [0.15, 0.2) is 30.0 Å². The van der Waals surface area contributed by atoms with E-state index in [2.05, 4.69) is 10.6 Å². The maximum Gasteiger partial charge on any atom is 0.352 e. The summed E-state index contributed by atoms with van der Waals surface area (Å²) in [5, 5.41) is 36.3. The zero-order valence-electron chi connectivity index (χ0n) is 11.9. The van der Waals surface area contributed by atoms with Crippen molar-refractivity contribution in [3.05, 3.63) is 35.5 Å². The van der Waals surface area contributed by atoms with Crippen molar-refractivity contribution < 1.29 is 20.1 Å². The third-order valence-corrected chi connectivity index (χ3v) is 4.17. The summed E-state index contributed by atoms with van der Waals surface area (Å²) in [6.07, 6.45) is 4.08. The second-order valence-corrected chi connectivity index (χ2v) is 5.52. The van der Waals surface area contributed by atoms with E-state index < -0.39 is 11.6 Å². The van der Waals surface area contributed by atoms with E-state index in [0.717, 1.165) is 25.8 Å². The first-order valence-electron chi connectivity index (χ1n) is 7.04. The number of para-hydroxylation sites is 1. The van der Waals surface area contributed by atoms with Crippen LogP contribution >= 0.6 is 12.4 Å². The number of halogens is 1. The number of rotatable bonds is 2. The van der Waals surface area contributed by atoms with Gasteiger partial charge in [-0.3, -0.25) is 0 Å². The lowest BCUT2D eigenvalue weighted by molar-refractivity contribution is -0.132. The lowest BCUT2D eigenvalue weighted by Crippen LogP contribution is -2.51. The molecule has 1 aromatic carbocycles. The number of anilines is 1. The van der Waals surface area contributed by atoms with Crippen LogP contribution in [0.3, 0.4) is 0 Å². The Morgan fingerprint density at radius 1 is 1.32 bits per heavy atom. The highest BCUT2D eigenvalue weighted by molar-refractivity contribution is 5.93.